The van der Waals surface area contributed by atoms with Crippen molar-refractivity contribution < 1.29 is 4.39 Å². The molecule has 29 heavy (non-hydrogen) atoms. The van der Waals surface area contributed by atoms with E-state index in [1.165, 1.54) is 109 Å². The van der Waals surface area contributed by atoms with E-state index in [4.69, 9.17) is 5.26 Å². The molecule has 0 atom stereocenters. The topological polar surface area (TPSA) is 23.8 Å². The van der Waals surface area contributed by atoms with Crippen molar-refractivity contribution in [3.8, 4) is 6.07 Å². The molecule has 0 radical (unpaired) electrons. The van der Waals surface area contributed by atoms with E-state index >= 15 is 0 Å². The standard InChI is InChI=1S/C27H40FN/c1-2-3-4-5-6-7-8-9-10-11-14-26-15-18-27(19-16-26,20-17-26)24-13-12-23(22-29)25(28)21-24/h12-13,21H,2-11,14-20H2,1H3. The van der Waals surface area contributed by atoms with Crippen molar-refractivity contribution in [3.05, 3.63) is 35.1 Å². The van der Waals surface area contributed by atoms with Crippen molar-refractivity contribution in [1.29, 1.82) is 5.26 Å². The number of hydrogen-bond acceptors (Lipinski definition) is 1. The molecular weight excluding hydrogens is 357 g/mol. The third-order valence-corrected chi connectivity index (χ3v) is 8.16. The largest absolute Gasteiger partial charge is 0.206 e. The molecule has 0 unspecified atom stereocenters. The summed E-state index contributed by atoms with van der Waals surface area (Å²) < 4.78 is 14.1. The monoisotopic (exact) mass is 397 g/mol. The van der Waals surface area contributed by atoms with Crippen molar-refractivity contribution in [2.24, 2.45) is 5.41 Å². The van der Waals surface area contributed by atoms with Crippen LogP contribution in [0.3, 0.4) is 0 Å². The highest BCUT2D eigenvalue weighted by molar-refractivity contribution is 5.37. The molecule has 1 aromatic rings. The molecule has 160 valence electrons. The molecular formula is C27H40FN. The number of hydrogen-bond donors (Lipinski definition) is 0. The molecule has 0 N–H and O–H groups in total. The van der Waals surface area contributed by atoms with Gasteiger partial charge in [-0.25, -0.2) is 4.39 Å². The van der Waals surface area contributed by atoms with Crippen molar-refractivity contribution in [2.45, 2.75) is 121 Å². The quantitative estimate of drug-likeness (QED) is 0.324. The van der Waals surface area contributed by atoms with Gasteiger partial charge >= 0.3 is 0 Å². The Morgan fingerprint density at radius 1 is 0.828 bits per heavy atom. The van der Waals surface area contributed by atoms with Gasteiger partial charge in [0.15, 0.2) is 0 Å². The maximum atomic E-state index is 14.1. The Morgan fingerprint density at radius 2 is 1.38 bits per heavy atom. The van der Waals surface area contributed by atoms with Gasteiger partial charge in [0.25, 0.3) is 0 Å². The van der Waals surface area contributed by atoms with Gasteiger partial charge in [0.1, 0.15) is 11.9 Å². The van der Waals surface area contributed by atoms with Gasteiger partial charge in [-0.3, -0.25) is 0 Å². The van der Waals surface area contributed by atoms with E-state index in [1.807, 2.05) is 12.1 Å². The molecule has 2 heteroatoms. The highest BCUT2D eigenvalue weighted by Crippen LogP contribution is 2.59. The molecule has 2 bridgehead atoms. The lowest BCUT2D eigenvalue weighted by atomic mass is 9.51. The molecule has 1 aromatic carbocycles. The first-order valence-electron chi connectivity index (χ1n) is 12.3. The first kappa shape index (κ1) is 22.3. The van der Waals surface area contributed by atoms with Crippen LogP contribution in [0.2, 0.25) is 0 Å². The summed E-state index contributed by atoms with van der Waals surface area (Å²) in [5.74, 6) is -0.341. The number of fused-ring (bicyclic) bond motifs is 3. The van der Waals surface area contributed by atoms with E-state index in [0.717, 1.165) is 5.56 Å². The predicted molar refractivity (Wildman–Crippen MR) is 119 cm³/mol. The van der Waals surface area contributed by atoms with Gasteiger partial charge in [0.05, 0.1) is 5.56 Å². The van der Waals surface area contributed by atoms with Gasteiger partial charge in [-0.1, -0.05) is 77.2 Å². The van der Waals surface area contributed by atoms with Crippen LogP contribution in [0.1, 0.15) is 127 Å². The molecule has 3 saturated carbocycles. The number of benzene rings is 1. The molecule has 3 aliphatic carbocycles. The molecule has 3 aliphatic rings. The molecule has 0 amide bonds. The van der Waals surface area contributed by atoms with Crippen LogP contribution in [0.25, 0.3) is 0 Å². The predicted octanol–water partition coefficient (Wildman–Crippen LogP) is 8.60. The lowest BCUT2D eigenvalue weighted by Crippen LogP contribution is -2.44. The third-order valence-electron chi connectivity index (χ3n) is 8.16. The number of unbranched alkanes of at least 4 members (excludes halogenated alkanes) is 9. The summed E-state index contributed by atoms with van der Waals surface area (Å²) in [5.41, 5.74) is 2.06. The van der Waals surface area contributed by atoms with Crippen molar-refractivity contribution in [2.75, 3.05) is 0 Å². The summed E-state index contributed by atoms with van der Waals surface area (Å²) in [4.78, 5) is 0. The van der Waals surface area contributed by atoms with E-state index in [2.05, 4.69) is 6.92 Å². The number of nitriles is 1. The summed E-state index contributed by atoms with van der Waals surface area (Å²) in [6.45, 7) is 2.28. The zero-order valence-corrected chi connectivity index (χ0v) is 18.6. The maximum absolute atomic E-state index is 14.1. The molecule has 0 aromatic heterocycles. The van der Waals surface area contributed by atoms with E-state index in [-0.39, 0.29) is 16.8 Å². The summed E-state index contributed by atoms with van der Waals surface area (Å²) in [6.07, 6.45) is 23.1. The highest BCUT2D eigenvalue weighted by Gasteiger charge is 2.48. The third kappa shape index (κ3) is 5.62. The minimum Gasteiger partial charge on any atom is -0.206 e. The van der Waals surface area contributed by atoms with Crippen LogP contribution in [-0.2, 0) is 5.41 Å². The summed E-state index contributed by atoms with van der Waals surface area (Å²) >= 11 is 0. The maximum Gasteiger partial charge on any atom is 0.141 e. The second-order valence-electron chi connectivity index (χ2n) is 10.0. The SMILES string of the molecule is CCCCCCCCCCCCC12CCC(c3ccc(C#N)c(F)c3)(CC1)CC2. The molecule has 0 saturated heterocycles. The van der Waals surface area contributed by atoms with Crippen LogP contribution in [-0.4, -0.2) is 0 Å². The fourth-order valence-corrected chi connectivity index (χ4v) is 5.99. The Hall–Kier alpha value is -1.36. The second kappa shape index (κ2) is 10.6. The minimum atomic E-state index is -0.341. The van der Waals surface area contributed by atoms with Crippen LogP contribution in [0, 0.1) is 22.6 Å². The second-order valence-corrected chi connectivity index (χ2v) is 10.0. The van der Waals surface area contributed by atoms with Crippen LogP contribution < -0.4 is 0 Å². The van der Waals surface area contributed by atoms with Gasteiger partial charge in [-0.05, 0) is 73.5 Å². The molecule has 3 fully saturated rings. The van der Waals surface area contributed by atoms with Gasteiger partial charge in [0.2, 0.25) is 0 Å². The van der Waals surface area contributed by atoms with E-state index < -0.39 is 0 Å². The molecule has 0 aliphatic heterocycles. The average molecular weight is 398 g/mol. The molecule has 0 spiro atoms. The van der Waals surface area contributed by atoms with Gasteiger partial charge in [0, 0.05) is 0 Å². The van der Waals surface area contributed by atoms with Crippen molar-refractivity contribution >= 4 is 0 Å². The Balaban J connectivity index is 1.37. The van der Waals surface area contributed by atoms with E-state index in [0.29, 0.717) is 5.41 Å². The zero-order chi connectivity index (χ0) is 20.6. The Kier molecular flexibility index (Phi) is 8.16. The normalized spacial score (nSPS) is 25.8. The first-order chi connectivity index (χ1) is 14.1. The highest BCUT2D eigenvalue weighted by atomic mass is 19.1. The Morgan fingerprint density at radius 3 is 1.90 bits per heavy atom. The number of rotatable bonds is 12. The van der Waals surface area contributed by atoms with Crippen molar-refractivity contribution in [1.82, 2.24) is 0 Å². The summed E-state index contributed by atoms with van der Waals surface area (Å²) in [7, 11) is 0. The van der Waals surface area contributed by atoms with Crippen LogP contribution in [0.15, 0.2) is 18.2 Å². The van der Waals surface area contributed by atoms with Crippen LogP contribution in [0.4, 0.5) is 4.39 Å². The molecule has 0 heterocycles. The number of halogens is 1. The van der Waals surface area contributed by atoms with E-state index in [9.17, 15) is 4.39 Å². The summed E-state index contributed by atoms with van der Waals surface area (Å²) in [5, 5.41) is 8.99. The van der Waals surface area contributed by atoms with Crippen molar-refractivity contribution in [3.63, 3.8) is 0 Å². The lowest BCUT2D eigenvalue weighted by Gasteiger charge is -2.54. The van der Waals surface area contributed by atoms with Gasteiger partial charge < -0.3 is 0 Å². The Labute approximate surface area is 178 Å². The first-order valence-corrected chi connectivity index (χ1v) is 12.3. The lowest BCUT2D eigenvalue weighted by molar-refractivity contribution is 0.0303. The van der Waals surface area contributed by atoms with Crippen LogP contribution >= 0.6 is 0 Å². The van der Waals surface area contributed by atoms with Crippen LogP contribution in [0.5, 0.6) is 0 Å². The fraction of sp³-hybridized carbons (Fsp3) is 0.741. The Bertz CT molecular complexity index is 662. The van der Waals surface area contributed by atoms with E-state index in [1.54, 1.807) is 12.1 Å². The smallest absolute Gasteiger partial charge is 0.141 e. The fourth-order valence-electron chi connectivity index (χ4n) is 5.99. The van der Waals surface area contributed by atoms with Gasteiger partial charge in [-0.15, -0.1) is 0 Å². The molecule has 4 rings (SSSR count). The minimum absolute atomic E-state index is 0.173. The summed E-state index contributed by atoms with van der Waals surface area (Å²) in [6, 6.07) is 7.30. The zero-order valence-electron chi connectivity index (χ0n) is 18.6. The molecule has 1 nitrogen and oxygen atoms in total. The van der Waals surface area contributed by atoms with Gasteiger partial charge in [-0.2, -0.15) is 5.26 Å². The number of nitrogens with zero attached hydrogens (tertiary/aromatic N) is 1. The average Bonchev–Trinajstić information content (AvgIpc) is 2.76.